The van der Waals surface area contributed by atoms with Crippen LogP contribution < -0.4 is 9.47 Å². The molecule has 0 bridgehead atoms. The van der Waals surface area contributed by atoms with Crippen LogP contribution in [0.1, 0.15) is 26.3 Å². The Balaban J connectivity index is 1.89. The largest absolute Gasteiger partial charge is 0.472 e. The van der Waals surface area contributed by atoms with E-state index in [0.717, 1.165) is 0 Å². The Hall–Kier alpha value is -4.37. The number of carbonyl (C=O) groups excluding carboxylic acids is 2. The van der Waals surface area contributed by atoms with E-state index < -0.39 is 17.9 Å². The molecule has 0 aromatic heterocycles. The van der Waals surface area contributed by atoms with E-state index in [4.69, 9.17) is 14.6 Å². The number of aliphatic carboxylic acids is 1. The van der Waals surface area contributed by atoms with Crippen molar-refractivity contribution in [3.8, 4) is 23.3 Å². The van der Waals surface area contributed by atoms with Gasteiger partial charge in [-0.3, -0.25) is 0 Å². The van der Waals surface area contributed by atoms with Gasteiger partial charge in [-0.1, -0.05) is 42.3 Å². The first-order chi connectivity index (χ1) is 14.0. The monoisotopic (exact) mass is 386 g/mol. The van der Waals surface area contributed by atoms with E-state index in [0.29, 0.717) is 11.1 Å². The lowest BCUT2D eigenvalue weighted by Gasteiger charge is -2.10. The second-order valence-electron chi connectivity index (χ2n) is 5.72. The minimum absolute atomic E-state index is 0.0223. The predicted molar refractivity (Wildman–Crippen MR) is 104 cm³/mol. The quantitative estimate of drug-likeness (QED) is 0.419. The number of esters is 2. The summed E-state index contributed by atoms with van der Waals surface area (Å²) in [5.41, 5.74) is 0.817. The van der Waals surface area contributed by atoms with Gasteiger partial charge >= 0.3 is 17.9 Å². The van der Waals surface area contributed by atoms with Crippen LogP contribution in [-0.4, -0.2) is 23.0 Å². The normalized spacial score (nSPS) is 9.66. The third-order valence-electron chi connectivity index (χ3n) is 3.69. The average molecular weight is 386 g/mol. The van der Waals surface area contributed by atoms with Gasteiger partial charge in [0, 0.05) is 12.0 Å². The maximum absolute atomic E-state index is 12.4. The van der Waals surface area contributed by atoms with Crippen LogP contribution in [-0.2, 0) is 4.79 Å². The zero-order valence-corrected chi connectivity index (χ0v) is 15.0. The molecular formula is C23H14O6. The van der Waals surface area contributed by atoms with E-state index in [2.05, 4.69) is 5.92 Å². The SMILES string of the molecule is O=C(O)C#Cc1ccc(OC(=O)c2ccccc2)cc1OC(=O)c1ccccc1. The third-order valence-corrected chi connectivity index (χ3v) is 3.69. The summed E-state index contributed by atoms with van der Waals surface area (Å²) in [5.74, 6) is 1.91. The molecule has 3 aromatic rings. The number of hydrogen-bond donors (Lipinski definition) is 1. The lowest BCUT2D eigenvalue weighted by Crippen LogP contribution is -2.11. The predicted octanol–water partition coefficient (Wildman–Crippen LogP) is 3.56. The molecule has 142 valence electrons. The van der Waals surface area contributed by atoms with Crippen LogP contribution >= 0.6 is 0 Å². The van der Waals surface area contributed by atoms with Crippen molar-refractivity contribution in [2.24, 2.45) is 0 Å². The first-order valence-corrected chi connectivity index (χ1v) is 8.46. The molecule has 0 aliphatic carbocycles. The zero-order valence-electron chi connectivity index (χ0n) is 15.0. The highest BCUT2D eigenvalue weighted by Crippen LogP contribution is 2.26. The fourth-order valence-corrected chi connectivity index (χ4v) is 2.35. The van der Waals surface area contributed by atoms with Crippen LogP contribution in [0.25, 0.3) is 0 Å². The van der Waals surface area contributed by atoms with Gasteiger partial charge in [0.05, 0.1) is 16.7 Å². The number of ether oxygens (including phenoxy) is 2. The van der Waals surface area contributed by atoms with Crippen LogP contribution in [0.2, 0.25) is 0 Å². The van der Waals surface area contributed by atoms with Gasteiger partial charge in [-0.2, -0.15) is 0 Å². The van der Waals surface area contributed by atoms with Gasteiger partial charge in [0.15, 0.2) is 5.75 Å². The number of carboxylic acids is 1. The lowest BCUT2D eigenvalue weighted by atomic mass is 10.2. The summed E-state index contributed by atoms with van der Waals surface area (Å²) in [5, 5.41) is 8.77. The summed E-state index contributed by atoms with van der Waals surface area (Å²) >= 11 is 0. The van der Waals surface area contributed by atoms with E-state index in [1.54, 1.807) is 60.7 Å². The molecule has 6 heteroatoms. The fraction of sp³-hybridized carbons (Fsp3) is 0. The Morgan fingerprint density at radius 2 is 1.28 bits per heavy atom. The van der Waals surface area contributed by atoms with Gasteiger partial charge in [-0.15, -0.1) is 0 Å². The molecule has 0 radical (unpaired) electrons. The van der Waals surface area contributed by atoms with Crippen LogP contribution in [0.3, 0.4) is 0 Å². The van der Waals surface area contributed by atoms with E-state index in [-0.39, 0.29) is 17.1 Å². The topological polar surface area (TPSA) is 89.9 Å². The molecule has 3 aromatic carbocycles. The summed E-state index contributed by atoms with van der Waals surface area (Å²) in [6, 6.07) is 20.8. The van der Waals surface area contributed by atoms with Crippen molar-refractivity contribution in [3.05, 3.63) is 95.6 Å². The molecule has 6 nitrogen and oxygen atoms in total. The van der Waals surface area contributed by atoms with Crippen molar-refractivity contribution in [3.63, 3.8) is 0 Å². The smallest absolute Gasteiger partial charge is 0.382 e. The molecule has 0 amide bonds. The maximum atomic E-state index is 12.4. The van der Waals surface area contributed by atoms with Gasteiger partial charge in [0.1, 0.15) is 5.75 Å². The fourth-order valence-electron chi connectivity index (χ4n) is 2.35. The van der Waals surface area contributed by atoms with Crippen LogP contribution in [0.4, 0.5) is 0 Å². The van der Waals surface area contributed by atoms with Crippen molar-refractivity contribution < 1.29 is 29.0 Å². The second kappa shape index (κ2) is 9.02. The minimum atomic E-state index is -1.33. The molecule has 0 fully saturated rings. The minimum Gasteiger partial charge on any atom is -0.472 e. The van der Waals surface area contributed by atoms with Gasteiger partial charge in [0.25, 0.3) is 0 Å². The van der Waals surface area contributed by atoms with Crippen LogP contribution in [0.5, 0.6) is 11.5 Å². The maximum Gasteiger partial charge on any atom is 0.382 e. The summed E-state index contributed by atoms with van der Waals surface area (Å²) in [7, 11) is 0. The van der Waals surface area contributed by atoms with Crippen molar-refractivity contribution in [2.45, 2.75) is 0 Å². The van der Waals surface area contributed by atoms with Gasteiger partial charge in [0.2, 0.25) is 0 Å². The van der Waals surface area contributed by atoms with E-state index in [9.17, 15) is 14.4 Å². The van der Waals surface area contributed by atoms with Crippen LogP contribution in [0, 0.1) is 11.8 Å². The van der Waals surface area contributed by atoms with Crippen molar-refractivity contribution in [1.82, 2.24) is 0 Å². The number of benzene rings is 3. The van der Waals surface area contributed by atoms with E-state index in [1.165, 1.54) is 18.2 Å². The molecule has 1 N–H and O–H groups in total. The summed E-state index contributed by atoms with van der Waals surface area (Å²) in [6.45, 7) is 0. The van der Waals surface area contributed by atoms with Gasteiger partial charge in [-0.05, 0) is 36.4 Å². The zero-order chi connectivity index (χ0) is 20.6. The number of rotatable bonds is 4. The molecule has 0 saturated carbocycles. The Morgan fingerprint density at radius 3 is 1.83 bits per heavy atom. The van der Waals surface area contributed by atoms with E-state index >= 15 is 0 Å². The standard InChI is InChI=1S/C23H14O6/c24-21(25)14-12-16-11-13-19(28-22(26)17-7-3-1-4-8-17)15-20(16)29-23(27)18-9-5-2-6-10-18/h1-11,13,15H,(H,24,25). The lowest BCUT2D eigenvalue weighted by molar-refractivity contribution is -0.130. The number of carbonyl (C=O) groups is 3. The second-order valence-corrected chi connectivity index (χ2v) is 5.72. The molecule has 0 aliphatic heterocycles. The van der Waals surface area contributed by atoms with Crippen molar-refractivity contribution in [2.75, 3.05) is 0 Å². The number of hydrogen-bond acceptors (Lipinski definition) is 5. The molecular weight excluding hydrogens is 372 g/mol. The first kappa shape index (κ1) is 19.4. The molecule has 0 aliphatic rings. The highest BCUT2D eigenvalue weighted by Gasteiger charge is 2.14. The first-order valence-electron chi connectivity index (χ1n) is 8.46. The summed E-state index contributed by atoms with van der Waals surface area (Å²) in [6.07, 6.45) is 0. The molecule has 0 spiro atoms. The Morgan fingerprint density at radius 1 is 0.724 bits per heavy atom. The van der Waals surface area contributed by atoms with E-state index in [1.807, 2.05) is 5.92 Å². The Kier molecular flexibility index (Phi) is 6.03. The molecule has 3 rings (SSSR count). The molecule has 0 unspecified atom stereocenters. The Labute approximate surface area is 166 Å². The van der Waals surface area contributed by atoms with Crippen molar-refractivity contribution >= 4 is 17.9 Å². The highest BCUT2D eigenvalue weighted by atomic mass is 16.5. The summed E-state index contributed by atoms with van der Waals surface area (Å²) < 4.78 is 10.7. The molecule has 0 saturated heterocycles. The molecule has 0 atom stereocenters. The Bertz CT molecular complexity index is 1110. The molecule has 0 heterocycles. The molecule has 29 heavy (non-hydrogen) atoms. The van der Waals surface area contributed by atoms with Gasteiger partial charge < -0.3 is 14.6 Å². The summed E-state index contributed by atoms with van der Waals surface area (Å²) in [4.78, 5) is 35.3. The van der Waals surface area contributed by atoms with Crippen molar-refractivity contribution in [1.29, 1.82) is 0 Å². The van der Waals surface area contributed by atoms with Crippen LogP contribution in [0.15, 0.2) is 78.9 Å². The third kappa shape index (κ3) is 5.31. The average Bonchev–Trinajstić information content (AvgIpc) is 2.74. The van der Waals surface area contributed by atoms with Gasteiger partial charge in [-0.25, -0.2) is 14.4 Å². The highest BCUT2D eigenvalue weighted by molar-refractivity contribution is 5.92. The number of carboxylic acid groups (broad SMARTS) is 1.